The fourth-order valence-electron chi connectivity index (χ4n) is 1.52. The van der Waals surface area contributed by atoms with Gasteiger partial charge in [0.15, 0.2) is 0 Å². The molecule has 0 saturated heterocycles. The Hall–Kier alpha value is -1.82. The second-order valence-corrected chi connectivity index (χ2v) is 4.71. The van der Waals surface area contributed by atoms with Crippen molar-refractivity contribution in [2.24, 2.45) is 0 Å². The number of hydrogen-bond donors (Lipinski definition) is 1. The summed E-state index contributed by atoms with van der Waals surface area (Å²) in [6.07, 6.45) is 0. The summed E-state index contributed by atoms with van der Waals surface area (Å²) in [6, 6.07) is 5.48. The smallest absolute Gasteiger partial charge is 0.371 e. The number of halogens is 2. The van der Waals surface area contributed by atoms with Gasteiger partial charge in [0.25, 0.3) is 0 Å². The Morgan fingerprint density at radius 2 is 2.21 bits per heavy atom. The van der Waals surface area contributed by atoms with Gasteiger partial charge in [0.2, 0.25) is 5.76 Å². The van der Waals surface area contributed by atoms with Gasteiger partial charge in [-0.25, -0.2) is 9.18 Å². The van der Waals surface area contributed by atoms with E-state index < -0.39 is 5.97 Å². The maximum atomic E-state index is 12.9. The van der Waals surface area contributed by atoms with Gasteiger partial charge in [-0.2, -0.15) is 0 Å². The second-order valence-electron chi connectivity index (χ2n) is 3.86. The van der Waals surface area contributed by atoms with Crippen molar-refractivity contribution in [2.75, 3.05) is 0 Å². The summed E-state index contributed by atoms with van der Waals surface area (Å²) in [7, 11) is 0. The molecule has 2 rings (SSSR count). The van der Waals surface area contributed by atoms with Crippen LogP contribution in [0.15, 0.2) is 33.2 Å². The number of furan rings is 1. The third-order valence-corrected chi connectivity index (χ3v) is 3.13. The van der Waals surface area contributed by atoms with Crippen molar-refractivity contribution in [3.05, 3.63) is 51.6 Å². The van der Waals surface area contributed by atoms with Crippen LogP contribution in [0.3, 0.4) is 0 Å². The highest BCUT2D eigenvalue weighted by atomic mass is 79.9. The molecule has 0 amide bonds. The largest absolute Gasteiger partial charge is 0.488 e. The fraction of sp³-hybridized carbons (Fsp3) is 0.154. The van der Waals surface area contributed by atoms with Crippen LogP contribution in [0.1, 0.15) is 21.9 Å². The number of carboxylic acids is 1. The van der Waals surface area contributed by atoms with Crippen LogP contribution in [0.4, 0.5) is 4.39 Å². The van der Waals surface area contributed by atoms with E-state index in [1.165, 1.54) is 24.3 Å². The monoisotopic (exact) mass is 328 g/mol. The van der Waals surface area contributed by atoms with Crippen LogP contribution < -0.4 is 4.74 Å². The van der Waals surface area contributed by atoms with Crippen molar-refractivity contribution in [3.8, 4) is 5.75 Å². The van der Waals surface area contributed by atoms with Crippen molar-refractivity contribution >= 4 is 21.9 Å². The van der Waals surface area contributed by atoms with E-state index in [0.29, 0.717) is 21.5 Å². The first kappa shape index (κ1) is 13.6. The normalized spacial score (nSPS) is 10.5. The first-order valence-electron chi connectivity index (χ1n) is 5.38. The fourth-order valence-corrected chi connectivity index (χ4v) is 1.98. The van der Waals surface area contributed by atoms with Crippen molar-refractivity contribution in [3.63, 3.8) is 0 Å². The number of rotatable bonds is 4. The lowest BCUT2D eigenvalue weighted by Crippen LogP contribution is -1.97. The molecule has 1 aromatic carbocycles. The summed E-state index contributed by atoms with van der Waals surface area (Å²) < 4.78 is 23.9. The van der Waals surface area contributed by atoms with Crippen LogP contribution in [0, 0.1) is 12.7 Å². The van der Waals surface area contributed by atoms with E-state index in [9.17, 15) is 9.18 Å². The van der Waals surface area contributed by atoms with E-state index in [1.54, 1.807) is 6.92 Å². The molecule has 6 heteroatoms. The molecule has 4 nitrogen and oxygen atoms in total. The number of ether oxygens (including phenoxy) is 1. The number of aryl methyl sites for hydroxylation is 1. The second kappa shape index (κ2) is 5.44. The van der Waals surface area contributed by atoms with E-state index in [0.717, 1.165) is 0 Å². The number of carboxylic acid groups (broad SMARTS) is 1. The molecule has 2 aromatic rings. The molecule has 0 aliphatic heterocycles. The van der Waals surface area contributed by atoms with Crippen LogP contribution in [-0.2, 0) is 6.61 Å². The predicted molar refractivity (Wildman–Crippen MR) is 68.8 cm³/mol. The van der Waals surface area contributed by atoms with Gasteiger partial charge in [0.05, 0.1) is 4.47 Å². The molecule has 0 aliphatic carbocycles. The lowest BCUT2D eigenvalue weighted by Gasteiger charge is -2.07. The Labute approximate surface area is 116 Å². The number of hydrogen-bond acceptors (Lipinski definition) is 3. The summed E-state index contributed by atoms with van der Waals surface area (Å²) in [5.74, 6) is -0.673. The van der Waals surface area contributed by atoms with Crippen LogP contribution >= 0.6 is 15.9 Å². The average molecular weight is 329 g/mol. The molecule has 0 atom stereocenters. The van der Waals surface area contributed by atoms with Gasteiger partial charge in [0, 0.05) is 5.56 Å². The van der Waals surface area contributed by atoms with Crippen molar-refractivity contribution in [1.82, 2.24) is 0 Å². The van der Waals surface area contributed by atoms with Gasteiger partial charge < -0.3 is 14.3 Å². The molecule has 1 heterocycles. The molecule has 0 unspecified atom stereocenters. The molecular weight excluding hydrogens is 319 g/mol. The molecule has 1 aromatic heterocycles. The minimum Gasteiger partial charge on any atom is -0.488 e. The van der Waals surface area contributed by atoms with Crippen molar-refractivity contribution in [1.29, 1.82) is 0 Å². The van der Waals surface area contributed by atoms with E-state index in [1.807, 2.05) is 0 Å². The first-order valence-corrected chi connectivity index (χ1v) is 6.17. The van der Waals surface area contributed by atoms with Gasteiger partial charge in [-0.3, -0.25) is 0 Å². The third kappa shape index (κ3) is 3.14. The molecule has 0 radical (unpaired) electrons. The SMILES string of the molecule is Cc1oc(C(=O)O)cc1COc1ccc(F)cc1Br. The minimum atomic E-state index is -1.13. The number of carbonyl (C=O) groups is 1. The van der Waals surface area contributed by atoms with Crippen LogP contribution in [0.25, 0.3) is 0 Å². The summed E-state index contributed by atoms with van der Waals surface area (Å²) >= 11 is 3.19. The quantitative estimate of drug-likeness (QED) is 0.928. The predicted octanol–water partition coefficient (Wildman–Crippen LogP) is 3.77. The van der Waals surface area contributed by atoms with Crippen LogP contribution in [0.2, 0.25) is 0 Å². The summed E-state index contributed by atoms with van der Waals surface area (Å²) in [4.78, 5) is 10.7. The first-order chi connectivity index (χ1) is 8.97. The van der Waals surface area contributed by atoms with Crippen molar-refractivity contribution in [2.45, 2.75) is 13.5 Å². The number of benzene rings is 1. The standard InChI is InChI=1S/C13H10BrFO4/c1-7-8(4-12(19-7)13(16)17)6-18-11-3-2-9(15)5-10(11)14/h2-5H,6H2,1H3,(H,16,17). The number of aromatic carboxylic acids is 1. The Morgan fingerprint density at radius 3 is 2.79 bits per heavy atom. The van der Waals surface area contributed by atoms with Gasteiger partial charge >= 0.3 is 5.97 Å². The van der Waals surface area contributed by atoms with Gasteiger partial charge in [0.1, 0.15) is 23.9 Å². The van der Waals surface area contributed by atoms with E-state index >= 15 is 0 Å². The molecular formula is C13H10BrFO4. The van der Waals surface area contributed by atoms with E-state index in [2.05, 4.69) is 15.9 Å². The highest BCUT2D eigenvalue weighted by molar-refractivity contribution is 9.10. The topological polar surface area (TPSA) is 59.7 Å². The van der Waals surface area contributed by atoms with Crippen LogP contribution in [0.5, 0.6) is 5.75 Å². The highest BCUT2D eigenvalue weighted by Crippen LogP contribution is 2.27. The lowest BCUT2D eigenvalue weighted by molar-refractivity contribution is 0.0661. The van der Waals surface area contributed by atoms with Gasteiger partial charge in [-0.05, 0) is 47.1 Å². The Kier molecular flexibility index (Phi) is 3.90. The zero-order valence-corrected chi connectivity index (χ0v) is 11.5. The maximum absolute atomic E-state index is 12.9. The molecule has 0 spiro atoms. The lowest BCUT2D eigenvalue weighted by atomic mass is 10.2. The average Bonchev–Trinajstić information content (AvgIpc) is 2.70. The zero-order chi connectivity index (χ0) is 14.0. The summed E-state index contributed by atoms with van der Waals surface area (Å²) in [6.45, 7) is 1.80. The molecule has 100 valence electrons. The molecule has 0 fully saturated rings. The third-order valence-electron chi connectivity index (χ3n) is 2.51. The van der Waals surface area contributed by atoms with Crippen molar-refractivity contribution < 1.29 is 23.4 Å². The molecule has 0 aliphatic rings. The Balaban J connectivity index is 2.12. The summed E-state index contributed by atoms with van der Waals surface area (Å²) in [5, 5.41) is 8.80. The molecule has 0 saturated carbocycles. The van der Waals surface area contributed by atoms with E-state index in [-0.39, 0.29) is 18.2 Å². The van der Waals surface area contributed by atoms with Crippen LogP contribution in [-0.4, -0.2) is 11.1 Å². The van der Waals surface area contributed by atoms with E-state index in [4.69, 9.17) is 14.3 Å². The molecule has 1 N–H and O–H groups in total. The minimum absolute atomic E-state index is 0.130. The Morgan fingerprint density at radius 1 is 1.47 bits per heavy atom. The molecule has 19 heavy (non-hydrogen) atoms. The molecule has 0 bridgehead atoms. The summed E-state index contributed by atoms with van der Waals surface area (Å²) in [5.41, 5.74) is 0.633. The highest BCUT2D eigenvalue weighted by Gasteiger charge is 2.14. The zero-order valence-electron chi connectivity index (χ0n) is 9.94. The van der Waals surface area contributed by atoms with Gasteiger partial charge in [-0.15, -0.1) is 0 Å². The maximum Gasteiger partial charge on any atom is 0.371 e. The Bertz CT molecular complexity index is 621. The van der Waals surface area contributed by atoms with Gasteiger partial charge in [-0.1, -0.05) is 0 Å².